The van der Waals surface area contributed by atoms with Gasteiger partial charge >= 0.3 is 0 Å². The Bertz CT molecular complexity index is 391. The first kappa shape index (κ1) is 14.8. The summed E-state index contributed by atoms with van der Waals surface area (Å²) < 4.78 is 5.79. The van der Waals surface area contributed by atoms with Crippen molar-refractivity contribution < 1.29 is 10.1 Å². The van der Waals surface area contributed by atoms with Gasteiger partial charge in [0.2, 0.25) is 0 Å². The maximum Gasteiger partial charge on any atom is 0.137 e. The van der Waals surface area contributed by atoms with Crippen LogP contribution >= 0.6 is 0 Å². The van der Waals surface area contributed by atoms with Crippen molar-refractivity contribution in [2.45, 2.75) is 33.1 Å². The van der Waals surface area contributed by atoms with Crippen LogP contribution in [0.2, 0.25) is 0 Å². The van der Waals surface area contributed by atoms with Gasteiger partial charge in [0.15, 0.2) is 0 Å². The van der Waals surface area contributed by atoms with Crippen LogP contribution in [-0.4, -0.2) is 19.7 Å². The van der Waals surface area contributed by atoms with Gasteiger partial charge in [0, 0.05) is 0 Å². The van der Waals surface area contributed by atoms with Gasteiger partial charge in [0.25, 0.3) is 0 Å². The molecule has 0 radical (unpaired) electrons. The van der Waals surface area contributed by atoms with E-state index in [1.807, 2.05) is 6.08 Å². The van der Waals surface area contributed by atoms with Gasteiger partial charge in [-0.1, -0.05) is 39.5 Å². The van der Waals surface area contributed by atoms with Crippen LogP contribution in [0.1, 0.15) is 31.9 Å². The van der Waals surface area contributed by atoms with Crippen LogP contribution in [0.3, 0.4) is 0 Å². The van der Waals surface area contributed by atoms with Gasteiger partial charge in [0.05, 0.1) is 6.54 Å². The van der Waals surface area contributed by atoms with Gasteiger partial charge in [-0.25, -0.2) is 0 Å². The summed E-state index contributed by atoms with van der Waals surface area (Å²) >= 11 is 0. The molecule has 0 atom stereocenters. The molecule has 0 spiro atoms. The van der Waals surface area contributed by atoms with Crippen LogP contribution < -0.4 is 10.1 Å². The molecule has 2 nitrogen and oxygen atoms in total. The molecule has 100 valence electrons. The van der Waals surface area contributed by atoms with Crippen LogP contribution in [-0.2, 0) is 5.41 Å². The maximum absolute atomic E-state index is 5.79. The van der Waals surface area contributed by atoms with Gasteiger partial charge in [-0.3, -0.25) is 0 Å². The summed E-state index contributed by atoms with van der Waals surface area (Å²) in [5.74, 6) is 0.995. The van der Waals surface area contributed by atoms with Crippen LogP contribution in [0.15, 0.2) is 30.9 Å². The third-order valence-corrected chi connectivity index (χ3v) is 2.95. The zero-order chi connectivity index (χ0) is 13.6. The molecule has 2 heteroatoms. The van der Waals surface area contributed by atoms with Crippen molar-refractivity contribution in [3.05, 3.63) is 42.0 Å². The van der Waals surface area contributed by atoms with Crippen molar-refractivity contribution in [1.29, 1.82) is 0 Å². The molecule has 0 saturated carbocycles. The lowest BCUT2D eigenvalue weighted by molar-refractivity contribution is -0.646. The van der Waals surface area contributed by atoms with Gasteiger partial charge in [-0.15, -0.1) is 0 Å². The van der Waals surface area contributed by atoms with Gasteiger partial charge < -0.3 is 10.1 Å². The number of hydrogen-bond acceptors (Lipinski definition) is 1. The minimum absolute atomic E-state index is 0.195. The Labute approximate surface area is 111 Å². The van der Waals surface area contributed by atoms with E-state index in [9.17, 15) is 0 Å². The maximum atomic E-state index is 5.79. The Kier molecular flexibility index (Phi) is 5.42. The summed E-state index contributed by atoms with van der Waals surface area (Å²) in [5, 5.41) is 2.19. The first-order valence-corrected chi connectivity index (χ1v) is 6.61. The monoisotopic (exact) mass is 248 g/mol. The summed E-state index contributed by atoms with van der Waals surface area (Å²) in [5.41, 5.74) is 2.76. The van der Waals surface area contributed by atoms with E-state index >= 15 is 0 Å². The fourth-order valence-electron chi connectivity index (χ4n) is 1.77. The number of nitrogens with two attached hydrogens (primary N) is 1. The lowest BCUT2D eigenvalue weighted by atomic mass is 9.86. The molecular weight excluding hydrogens is 222 g/mol. The fourth-order valence-corrected chi connectivity index (χ4v) is 1.77. The molecule has 0 aromatic heterocycles. The van der Waals surface area contributed by atoms with E-state index in [1.165, 1.54) is 11.1 Å². The highest BCUT2D eigenvalue weighted by Gasteiger charge is 2.14. The molecule has 1 rings (SSSR count). The zero-order valence-electron chi connectivity index (χ0n) is 12.1. The Morgan fingerprint density at radius 1 is 1.33 bits per heavy atom. The molecule has 0 saturated heterocycles. The molecule has 0 heterocycles. The molecular formula is C16H26NO+. The van der Waals surface area contributed by atoms with Gasteiger partial charge in [-0.05, 0) is 35.6 Å². The van der Waals surface area contributed by atoms with E-state index in [-0.39, 0.29) is 5.41 Å². The predicted octanol–water partition coefficient (Wildman–Crippen LogP) is 2.42. The summed E-state index contributed by atoms with van der Waals surface area (Å²) in [7, 11) is 0. The number of hydrogen-bond donors (Lipinski definition) is 1. The highest BCUT2D eigenvalue weighted by molar-refractivity contribution is 5.38. The van der Waals surface area contributed by atoms with Crippen LogP contribution in [0.25, 0.3) is 0 Å². The summed E-state index contributed by atoms with van der Waals surface area (Å²) in [6.07, 6.45) is 1.91. The van der Waals surface area contributed by atoms with E-state index in [1.54, 1.807) is 0 Å². The van der Waals surface area contributed by atoms with Gasteiger partial charge in [-0.2, -0.15) is 0 Å². The van der Waals surface area contributed by atoms with Crippen molar-refractivity contribution in [3.63, 3.8) is 0 Å². The summed E-state index contributed by atoms with van der Waals surface area (Å²) in [4.78, 5) is 0. The predicted molar refractivity (Wildman–Crippen MR) is 77.2 cm³/mol. The molecule has 0 amide bonds. The molecule has 18 heavy (non-hydrogen) atoms. The molecule has 1 aromatic rings. The molecule has 0 aliphatic rings. The SMILES string of the molecule is C=CC[NH2+]CCOc1ccc(C(C)(C)C)cc1C. The van der Waals surface area contributed by atoms with Crippen molar-refractivity contribution in [3.8, 4) is 5.75 Å². The van der Waals surface area contributed by atoms with Crippen molar-refractivity contribution >= 4 is 0 Å². The highest BCUT2D eigenvalue weighted by Crippen LogP contribution is 2.27. The summed E-state index contributed by atoms with van der Waals surface area (Å²) in [6.45, 7) is 15.1. The number of aryl methyl sites for hydroxylation is 1. The molecule has 1 aromatic carbocycles. The average molecular weight is 248 g/mol. The van der Waals surface area contributed by atoms with Crippen LogP contribution in [0.5, 0.6) is 5.75 Å². The van der Waals surface area contributed by atoms with Crippen molar-refractivity contribution in [2.75, 3.05) is 19.7 Å². The first-order valence-electron chi connectivity index (χ1n) is 6.61. The molecule has 0 unspecified atom stereocenters. The highest BCUT2D eigenvalue weighted by atomic mass is 16.5. The number of ether oxygens (including phenoxy) is 1. The largest absolute Gasteiger partial charge is 0.487 e. The lowest BCUT2D eigenvalue weighted by Crippen LogP contribution is -2.85. The Balaban J connectivity index is 2.55. The first-order chi connectivity index (χ1) is 8.45. The van der Waals surface area contributed by atoms with E-state index in [0.717, 1.165) is 25.4 Å². The molecule has 2 N–H and O–H groups in total. The number of rotatable bonds is 6. The Hall–Kier alpha value is -1.28. The fraction of sp³-hybridized carbons (Fsp3) is 0.500. The number of benzene rings is 1. The molecule has 0 bridgehead atoms. The zero-order valence-corrected chi connectivity index (χ0v) is 12.1. The minimum Gasteiger partial charge on any atom is -0.487 e. The van der Waals surface area contributed by atoms with Gasteiger partial charge in [0.1, 0.15) is 18.9 Å². The molecule has 0 fully saturated rings. The van der Waals surface area contributed by atoms with Crippen molar-refractivity contribution in [2.24, 2.45) is 0 Å². The number of quaternary nitrogens is 1. The van der Waals surface area contributed by atoms with Crippen LogP contribution in [0.4, 0.5) is 0 Å². The van der Waals surface area contributed by atoms with E-state index in [0.29, 0.717) is 0 Å². The van der Waals surface area contributed by atoms with Crippen molar-refractivity contribution in [1.82, 2.24) is 0 Å². The van der Waals surface area contributed by atoms with E-state index in [2.05, 4.69) is 57.8 Å². The topological polar surface area (TPSA) is 25.8 Å². The normalized spacial score (nSPS) is 11.3. The van der Waals surface area contributed by atoms with Crippen LogP contribution in [0, 0.1) is 6.92 Å². The smallest absolute Gasteiger partial charge is 0.137 e. The minimum atomic E-state index is 0.195. The molecule has 0 aliphatic heterocycles. The second kappa shape index (κ2) is 6.60. The molecule has 0 aliphatic carbocycles. The van der Waals surface area contributed by atoms with E-state index in [4.69, 9.17) is 4.74 Å². The third kappa shape index (κ3) is 4.53. The summed E-state index contributed by atoms with van der Waals surface area (Å²) in [6, 6.07) is 6.47. The van der Waals surface area contributed by atoms with E-state index < -0.39 is 0 Å². The quantitative estimate of drug-likeness (QED) is 0.607. The third-order valence-electron chi connectivity index (χ3n) is 2.95. The average Bonchev–Trinajstić information content (AvgIpc) is 2.29. The lowest BCUT2D eigenvalue weighted by Gasteiger charge is -2.20. The second-order valence-corrected chi connectivity index (χ2v) is 5.68. The standard InChI is InChI=1S/C16H25NO/c1-6-9-17-10-11-18-15-8-7-14(12-13(15)2)16(3,4)5/h6-8,12,17H,1,9-11H2,2-5H3/p+1. The Morgan fingerprint density at radius 3 is 2.61 bits per heavy atom. The Morgan fingerprint density at radius 2 is 2.06 bits per heavy atom. The second-order valence-electron chi connectivity index (χ2n) is 5.68.